The molecule has 0 radical (unpaired) electrons. The number of hydrogen-bond acceptors (Lipinski definition) is 4. The molecule has 6 nitrogen and oxygen atoms in total. The molecule has 1 N–H and O–H groups in total. The average molecular weight is 232 g/mol. The highest BCUT2D eigenvalue weighted by atomic mass is 16.3. The number of aryl methyl sites for hydroxylation is 1. The zero-order valence-electron chi connectivity index (χ0n) is 9.33. The summed E-state index contributed by atoms with van der Waals surface area (Å²) in [6.45, 7) is 0. The van der Waals surface area contributed by atoms with Crippen molar-refractivity contribution in [3.8, 4) is 0 Å². The van der Waals surface area contributed by atoms with E-state index in [1.165, 1.54) is 11.0 Å². The minimum atomic E-state index is -0.0255. The predicted octanol–water partition coefficient (Wildman–Crippen LogP) is 1.15. The molecule has 0 saturated heterocycles. The van der Waals surface area contributed by atoms with Crippen molar-refractivity contribution in [3.63, 3.8) is 0 Å². The SMILES string of the molecule is Cn1ncnc1NC(=O)[C@H]1C[C@@H]1c1ccco1. The van der Waals surface area contributed by atoms with Gasteiger partial charge in [-0.1, -0.05) is 0 Å². The lowest BCUT2D eigenvalue weighted by atomic mass is 10.2. The van der Waals surface area contributed by atoms with Crippen LogP contribution in [-0.4, -0.2) is 20.7 Å². The fourth-order valence-electron chi connectivity index (χ4n) is 1.91. The summed E-state index contributed by atoms with van der Waals surface area (Å²) in [5.41, 5.74) is 0. The monoisotopic (exact) mass is 232 g/mol. The molecular formula is C11H12N4O2. The van der Waals surface area contributed by atoms with Crippen molar-refractivity contribution < 1.29 is 9.21 Å². The third-order valence-corrected chi connectivity index (χ3v) is 2.98. The van der Waals surface area contributed by atoms with Crippen LogP contribution in [0.5, 0.6) is 0 Å². The topological polar surface area (TPSA) is 73.0 Å². The Bertz CT molecular complexity index is 531. The highest BCUT2D eigenvalue weighted by Crippen LogP contribution is 2.47. The first-order valence-corrected chi connectivity index (χ1v) is 5.44. The molecule has 1 amide bonds. The average Bonchev–Trinajstić information content (AvgIpc) is 2.73. The number of furan rings is 1. The van der Waals surface area contributed by atoms with E-state index in [1.807, 2.05) is 12.1 Å². The Kier molecular flexibility index (Phi) is 2.21. The number of carbonyl (C=O) groups excluding carboxylic acids is 1. The van der Waals surface area contributed by atoms with Crippen LogP contribution in [0.3, 0.4) is 0 Å². The normalized spacial score (nSPS) is 22.4. The number of nitrogens with one attached hydrogen (secondary N) is 1. The van der Waals surface area contributed by atoms with Crippen LogP contribution in [0.25, 0.3) is 0 Å². The second-order valence-electron chi connectivity index (χ2n) is 4.16. The lowest BCUT2D eigenvalue weighted by Gasteiger charge is -2.02. The predicted molar refractivity (Wildman–Crippen MR) is 59.2 cm³/mol. The molecule has 1 aliphatic rings. The zero-order valence-corrected chi connectivity index (χ0v) is 9.33. The van der Waals surface area contributed by atoms with Crippen molar-refractivity contribution in [1.29, 1.82) is 0 Å². The third kappa shape index (κ3) is 1.82. The molecule has 0 aliphatic heterocycles. The second kappa shape index (κ2) is 3.73. The standard InChI is InChI=1S/C11H12N4O2/c1-15-11(12-6-13-15)14-10(16)8-5-7(8)9-3-2-4-17-9/h2-4,6-8H,5H2,1H3,(H,12,13,14,16)/t7-,8-/m0/s1. The first kappa shape index (κ1) is 10.1. The van der Waals surface area contributed by atoms with Gasteiger partial charge in [0, 0.05) is 18.9 Å². The van der Waals surface area contributed by atoms with Crippen LogP contribution >= 0.6 is 0 Å². The molecule has 3 rings (SSSR count). The van der Waals surface area contributed by atoms with Crippen molar-refractivity contribution in [2.75, 3.05) is 5.32 Å². The summed E-state index contributed by atoms with van der Waals surface area (Å²) < 4.78 is 6.81. The number of nitrogens with zero attached hydrogens (tertiary/aromatic N) is 3. The molecular weight excluding hydrogens is 220 g/mol. The molecule has 0 aromatic carbocycles. The largest absolute Gasteiger partial charge is 0.469 e. The number of carbonyl (C=O) groups is 1. The zero-order chi connectivity index (χ0) is 11.8. The van der Waals surface area contributed by atoms with E-state index < -0.39 is 0 Å². The van der Waals surface area contributed by atoms with E-state index in [9.17, 15) is 4.79 Å². The smallest absolute Gasteiger partial charge is 0.230 e. The maximum Gasteiger partial charge on any atom is 0.230 e. The lowest BCUT2D eigenvalue weighted by molar-refractivity contribution is -0.117. The van der Waals surface area contributed by atoms with E-state index in [4.69, 9.17) is 4.42 Å². The lowest BCUT2D eigenvalue weighted by Crippen LogP contribution is -2.17. The Labute approximate surface area is 97.6 Å². The Balaban J connectivity index is 1.64. The van der Waals surface area contributed by atoms with Gasteiger partial charge in [-0.25, -0.2) is 4.68 Å². The quantitative estimate of drug-likeness (QED) is 0.861. The van der Waals surface area contributed by atoms with Gasteiger partial charge in [0.25, 0.3) is 0 Å². The molecule has 1 aliphatic carbocycles. The Hall–Kier alpha value is -2.11. The number of amides is 1. The summed E-state index contributed by atoms with van der Waals surface area (Å²) in [5.74, 6) is 1.52. The summed E-state index contributed by atoms with van der Waals surface area (Å²) in [7, 11) is 1.74. The molecule has 0 unspecified atom stereocenters. The van der Waals surface area contributed by atoms with Gasteiger partial charge in [-0.3, -0.25) is 10.1 Å². The van der Waals surface area contributed by atoms with E-state index in [2.05, 4.69) is 15.4 Å². The van der Waals surface area contributed by atoms with Gasteiger partial charge in [0.1, 0.15) is 12.1 Å². The van der Waals surface area contributed by atoms with Gasteiger partial charge in [-0.15, -0.1) is 0 Å². The summed E-state index contributed by atoms with van der Waals surface area (Å²) in [4.78, 5) is 15.8. The Morgan fingerprint density at radius 2 is 2.53 bits per heavy atom. The highest BCUT2D eigenvalue weighted by Gasteiger charge is 2.46. The number of aromatic nitrogens is 3. The van der Waals surface area contributed by atoms with Gasteiger partial charge in [0.15, 0.2) is 0 Å². The molecule has 2 aromatic rings. The molecule has 1 saturated carbocycles. The fourth-order valence-corrected chi connectivity index (χ4v) is 1.91. The van der Waals surface area contributed by atoms with Crippen molar-refractivity contribution in [2.24, 2.45) is 13.0 Å². The van der Waals surface area contributed by atoms with Crippen molar-refractivity contribution in [3.05, 3.63) is 30.5 Å². The van der Waals surface area contributed by atoms with Gasteiger partial charge >= 0.3 is 0 Å². The van der Waals surface area contributed by atoms with Crippen molar-refractivity contribution in [1.82, 2.24) is 14.8 Å². The van der Waals surface area contributed by atoms with Crippen LogP contribution in [0.4, 0.5) is 5.95 Å². The first-order valence-electron chi connectivity index (χ1n) is 5.44. The van der Waals surface area contributed by atoms with Crippen LogP contribution < -0.4 is 5.32 Å². The molecule has 0 bridgehead atoms. The summed E-state index contributed by atoms with van der Waals surface area (Å²) in [6.07, 6.45) is 3.87. The first-order chi connectivity index (χ1) is 8.25. The molecule has 0 spiro atoms. The molecule has 2 aromatic heterocycles. The number of rotatable bonds is 3. The molecule has 88 valence electrons. The maximum absolute atomic E-state index is 11.9. The molecule has 2 atom stereocenters. The third-order valence-electron chi connectivity index (χ3n) is 2.98. The number of hydrogen-bond donors (Lipinski definition) is 1. The summed E-state index contributed by atoms with van der Waals surface area (Å²) >= 11 is 0. The van der Waals surface area contributed by atoms with Gasteiger partial charge in [0.2, 0.25) is 11.9 Å². The summed E-state index contributed by atoms with van der Waals surface area (Å²) in [6, 6.07) is 3.74. The second-order valence-corrected chi connectivity index (χ2v) is 4.16. The van der Waals surface area contributed by atoms with E-state index in [0.29, 0.717) is 5.95 Å². The van der Waals surface area contributed by atoms with Crippen molar-refractivity contribution in [2.45, 2.75) is 12.3 Å². The van der Waals surface area contributed by atoms with Crippen LogP contribution in [0.1, 0.15) is 18.1 Å². The molecule has 2 heterocycles. The maximum atomic E-state index is 11.9. The number of anilines is 1. The minimum absolute atomic E-state index is 0.0159. The van der Waals surface area contributed by atoms with Gasteiger partial charge in [-0.2, -0.15) is 10.1 Å². The van der Waals surface area contributed by atoms with Gasteiger partial charge in [0.05, 0.1) is 6.26 Å². The highest BCUT2D eigenvalue weighted by molar-refractivity contribution is 5.93. The van der Waals surface area contributed by atoms with E-state index in [-0.39, 0.29) is 17.7 Å². The Morgan fingerprint density at radius 3 is 3.18 bits per heavy atom. The van der Waals surface area contributed by atoms with Gasteiger partial charge < -0.3 is 4.42 Å². The van der Waals surface area contributed by atoms with Crippen LogP contribution in [0, 0.1) is 5.92 Å². The Morgan fingerprint density at radius 1 is 1.65 bits per heavy atom. The summed E-state index contributed by atoms with van der Waals surface area (Å²) in [5, 5.41) is 6.64. The van der Waals surface area contributed by atoms with E-state index in [1.54, 1.807) is 13.3 Å². The molecule has 6 heteroatoms. The molecule has 17 heavy (non-hydrogen) atoms. The molecule has 1 fully saturated rings. The van der Waals surface area contributed by atoms with Crippen LogP contribution in [0.15, 0.2) is 29.1 Å². The minimum Gasteiger partial charge on any atom is -0.469 e. The van der Waals surface area contributed by atoms with Crippen LogP contribution in [0.2, 0.25) is 0 Å². The van der Waals surface area contributed by atoms with Gasteiger partial charge in [-0.05, 0) is 18.6 Å². The fraction of sp³-hybridized carbons (Fsp3) is 0.364. The van der Waals surface area contributed by atoms with Crippen LogP contribution in [-0.2, 0) is 11.8 Å². The van der Waals surface area contributed by atoms with E-state index in [0.717, 1.165) is 12.2 Å². The van der Waals surface area contributed by atoms with Crippen molar-refractivity contribution >= 4 is 11.9 Å². The van der Waals surface area contributed by atoms with E-state index >= 15 is 0 Å².